The van der Waals surface area contributed by atoms with Crippen LogP contribution in [0.2, 0.25) is 0 Å². The number of carbonyl (C=O) groups excluding carboxylic acids is 1. The monoisotopic (exact) mass is 366 g/mol. The zero-order valence-corrected chi connectivity index (χ0v) is 15.1. The molecule has 0 aromatic heterocycles. The van der Waals surface area contributed by atoms with E-state index in [0.717, 1.165) is 25.2 Å². The van der Waals surface area contributed by atoms with E-state index in [4.69, 9.17) is 11.6 Å². The van der Waals surface area contributed by atoms with Gasteiger partial charge in [-0.3, -0.25) is 4.79 Å². The Morgan fingerprint density at radius 3 is 2.14 bits per heavy atom. The third-order valence-electron chi connectivity index (χ3n) is 3.25. The van der Waals surface area contributed by atoms with Crippen LogP contribution in [0.1, 0.15) is 42.1 Å². The van der Waals surface area contributed by atoms with E-state index in [9.17, 15) is 21.6 Å². The Morgan fingerprint density at radius 2 is 1.68 bits per heavy atom. The Hall–Kier alpha value is -0.920. The fourth-order valence-electron chi connectivity index (χ4n) is 2.06. The quantitative estimate of drug-likeness (QED) is 0.547. The molecule has 0 bridgehead atoms. The summed E-state index contributed by atoms with van der Waals surface area (Å²) < 4.78 is 48.6. The summed E-state index contributed by atoms with van der Waals surface area (Å²) in [4.78, 5) is 10.7. The number of rotatable bonds is 7. The van der Waals surface area contributed by atoms with Crippen molar-refractivity contribution in [3.63, 3.8) is 0 Å². The van der Waals surface area contributed by atoms with Gasteiger partial charge >= 0.3 is 0 Å². The summed E-state index contributed by atoms with van der Waals surface area (Å²) >= 11 is 5.42. The largest absolute Gasteiger partial charge is 0.276 e. The molecule has 1 aromatic carbocycles. The van der Waals surface area contributed by atoms with Crippen LogP contribution in [0.3, 0.4) is 0 Å². The summed E-state index contributed by atoms with van der Waals surface area (Å²) in [6.45, 7) is 3.46. The lowest BCUT2D eigenvalue weighted by molar-refractivity contribution is 0.108. The third kappa shape index (κ3) is 4.54. The summed E-state index contributed by atoms with van der Waals surface area (Å²) in [5, 5.41) is -0.822. The van der Waals surface area contributed by atoms with Gasteiger partial charge in [-0.2, -0.15) is 0 Å². The van der Waals surface area contributed by atoms with Gasteiger partial charge in [-0.05, 0) is 42.6 Å². The van der Waals surface area contributed by atoms with Gasteiger partial charge in [0.05, 0.1) is 15.5 Å². The predicted molar refractivity (Wildman–Crippen MR) is 86.1 cm³/mol. The molecule has 5 nitrogen and oxygen atoms in total. The molecule has 0 aliphatic heterocycles. The minimum atomic E-state index is -3.81. The Labute approximate surface area is 136 Å². The maximum Gasteiger partial charge on any atom is 0.252 e. The number of benzene rings is 1. The van der Waals surface area contributed by atoms with E-state index in [-0.39, 0.29) is 21.1 Å². The van der Waals surface area contributed by atoms with Gasteiger partial charge < -0.3 is 0 Å². The van der Waals surface area contributed by atoms with Gasteiger partial charge in [-0.1, -0.05) is 19.8 Å². The molecule has 0 aliphatic rings. The smallest absolute Gasteiger partial charge is 0.252 e. The van der Waals surface area contributed by atoms with Crippen molar-refractivity contribution >= 4 is 36.5 Å². The highest BCUT2D eigenvalue weighted by Gasteiger charge is 2.26. The van der Waals surface area contributed by atoms with Gasteiger partial charge in [0.1, 0.15) is 0 Å². The van der Waals surface area contributed by atoms with Crippen molar-refractivity contribution in [2.24, 2.45) is 0 Å². The summed E-state index contributed by atoms with van der Waals surface area (Å²) in [5.74, 6) is -0.128. The van der Waals surface area contributed by atoms with Gasteiger partial charge in [0.25, 0.3) is 5.24 Å². The zero-order valence-electron chi connectivity index (χ0n) is 12.7. The SMILES string of the molecule is CCCCCS(=O)(=O)c1cc(C)c(C(=O)Cl)cc1S(C)(=O)=O. The molecule has 0 radical (unpaired) electrons. The topological polar surface area (TPSA) is 85.3 Å². The first-order chi connectivity index (χ1) is 10.0. The van der Waals surface area contributed by atoms with Crippen LogP contribution in [0.5, 0.6) is 0 Å². The van der Waals surface area contributed by atoms with Crippen molar-refractivity contribution < 1.29 is 21.6 Å². The first kappa shape index (κ1) is 19.1. The Balaban J connectivity index is 3.54. The molecule has 124 valence electrons. The molecule has 0 fully saturated rings. The molecule has 0 spiro atoms. The standard InChI is InChI=1S/C14H19ClO5S2/c1-4-5-6-7-22(19,20)13-8-10(2)11(14(15)16)9-12(13)21(3,17)18/h8-9H,4-7H2,1-3H3. The minimum Gasteiger partial charge on any atom is -0.276 e. The number of hydrogen-bond donors (Lipinski definition) is 0. The first-order valence-corrected chi connectivity index (χ1v) is 10.7. The highest BCUT2D eigenvalue weighted by Crippen LogP contribution is 2.27. The van der Waals surface area contributed by atoms with Crippen molar-refractivity contribution in [3.05, 3.63) is 23.3 Å². The number of halogens is 1. The van der Waals surface area contributed by atoms with Crippen molar-refractivity contribution in [2.75, 3.05) is 12.0 Å². The molecular weight excluding hydrogens is 348 g/mol. The van der Waals surface area contributed by atoms with E-state index >= 15 is 0 Å². The summed E-state index contributed by atoms with van der Waals surface area (Å²) in [6, 6.07) is 2.26. The maximum absolute atomic E-state index is 12.4. The van der Waals surface area contributed by atoms with E-state index in [1.54, 1.807) is 0 Å². The molecule has 0 saturated heterocycles. The van der Waals surface area contributed by atoms with Crippen LogP contribution in [0.25, 0.3) is 0 Å². The maximum atomic E-state index is 12.4. The van der Waals surface area contributed by atoms with E-state index in [2.05, 4.69) is 0 Å². The molecule has 1 aromatic rings. The normalized spacial score (nSPS) is 12.4. The molecule has 0 aliphatic carbocycles. The molecule has 0 saturated carbocycles. The second kappa shape index (κ2) is 7.10. The molecule has 22 heavy (non-hydrogen) atoms. The second-order valence-corrected chi connectivity index (χ2v) is 9.59. The molecule has 0 N–H and O–H groups in total. The van der Waals surface area contributed by atoms with Crippen LogP contribution in [0, 0.1) is 6.92 Å². The molecule has 0 heterocycles. The predicted octanol–water partition coefficient (Wildman–Crippen LogP) is 2.74. The van der Waals surface area contributed by atoms with Crippen LogP contribution in [0.15, 0.2) is 21.9 Å². The average molecular weight is 367 g/mol. The van der Waals surface area contributed by atoms with Crippen LogP contribution >= 0.6 is 11.6 Å². The summed E-state index contributed by atoms with van der Waals surface area (Å²) in [7, 11) is -7.55. The number of unbranched alkanes of at least 4 members (excludes halogenated alkanes) is 2. The Morgan fingerprint density at radius 1 is 1.09 bits per heavy atom. The van der Waals surface area contributed by atoms with E-state index in [0.29, 0.717) is 12.0 Å². The van der Waals surface area contributed by atoms with Gasteiger partial charge in [0.2, 0.25) is 0 Å². The number of carbonyl (C=O) groups is 1. The van der Waals surface area contributed by atoms with Crippen molar-refractivity contribution in [1.29, 1.82) is 0 Å². The highest BCUT2D eigenvalue weighted by atomic mass is 35.5. The lowest BCUT2D eigenvalue weighted by Gasteiger charge is -2.12. The molecular formula is C14H19ClO5S2. The second-order valence-electron chi connectivity index (χ2n) is 5.19. The Kier molecular flexibility index (Phi) is 6.18. The van der Waals surface area contributed by atoms with Crippen LogP contribution in [-0.2, 0) is 19.7 Å². The zero-order chi connectivity index (χ0) is 17.1. The lowest BCUT2D eigenvalue weighted by atomic mass is 10.1. The summed E-state index contributed by atoms with van der Waals surface area (Å²) in [6.07, 6.45) is 2.96. The molecule has 8 heteroatoms. The fraction of sp³-hybridized carbons (Fsp3) is 0.500. The fourth-order valence-corrected chi connectivity index (χ4v) is 5.38. The van der Waals surface area contributed by atoms with Crippen LogP contribution in [-0.4, -0.2) is 34.1 Å². The van der Waals surface area contributed by atoms with Crippen molar-refractivity contribution in [1.82, 2.24) is 0 Å². The average Bonchev–Trinajstić information content (AvgIpc) is 2.36. The minimum absolute atomic E-state index is 0.00500. The molecule has 1 rings (SSSR count). The van der Waals surface area contributed by atoms with Gasteiger partial charge in [-0.15, -0.1) is 0 Å². The molecule has 0 atom stereocenters. The van der Waals surface area contributed by atoms with Crippen molar-refractivity contribution in [3.8, 4) is 0 Å². The van der Waals surface area contributed by atoms with E-state index in [1.165, 1.54) is 13.0 Å². The number of hydrogen-bond acceptors (Lipinski definition) is 5. The van der Waals surface area contributed by atoms with E-state index < -0.39 is 24.9 Å². The first-order valence-electron chi connectivity index (χ1n) is 6.78. The van der Waals surface area contributed by atoms with Gasteiger partial charge in [0, 0.05) is 11.8 Å². The number of sulfone groups is 2. The summed E-state index contributed by atoms with van der Waals surface area (Å²) in [5.41, 5.74) is 0.330. The van der Waals surface area contributed by atoms with E-state index in [1.807, 2.05) is 6.92 Å². The van der Waals surface area contributed by atoms with Crippen LogP contribution in [0.4, 0.5) is 0 Å². The third-order valence-corrected chi connectivity index (χ3v) is 6.56. The molecule has 0 amide bonds. The van der Waals surface area contributed by atoms with Crippen LogP contribution < -0.4 is 0 Å². The highest BCUT2D eigenvalue weighted by molar-refractivity contribution is 7.94. The van der Waals surface area contributed by atoms with Gasteiger partial charge in [-0.25, -0.2) is 16.8 Å². The Bertz CT molecular complexity index is 780. The van der Waals surface area contributed by atoms with Gasteiger partial charge in [0.15, 0.2) is 19.7 Å². The molecule has 0 unspecified atom stereocenters. The van der Waals surface area contributed by atoms with Crippen molar-refractivity contribution in [2.45, 2.75) is 42.9 Å². The lowest BCUT2D eigenvalue weighted by Crippen LogP contribution is -2.14. The number of aryl methyl sites for hydroxylation is 1.